The zero-order valence-corrected chi connectivity index (χ0v) is 14.6. The molecule has 0 radical (unpaired) electrons. The summed E-state index contributed by atoms with van der Waals surface area (Å²) in [4.78, 5) is 24.4. The molecule has 4 heteroatoms. The van der Waals surface area contributed by atoms with Crippen molar-refractivity contribution < 1.29 is 14.3 Å². The average Bonchev–Trinajstić information content (AvgIpc) is 2.37. The zero-order chi connectivity index (χ0) is 16.5. The molecule has 0 heterocycles. The van der Waals surface area contributed by atoms with Crippen LogP contribution < -0.4 is 5.32 Å². The van der Waals surface area contributed by atoms with Gasteiger partial charge in [0.05, 0.1) is 6.61 Å². The predicted molar refractivity (Wildman–Crippen MR) is 85.9 cm³/mol. The van der Waals surface area contributed by atoms with E-state index in [0.717, 1.165) is 19.3 Å². The first kappa shape index (κ1) is 19.9. The second kappa shape index (κ2) is 9.80. The summed E-state index contributed by atoms with van der Waals surface area (Å²) in [5, 5.41) is 2.95. The topological polar surface area (TPSA) is 55.4 Å². The van der Waals surface area contributed by atoms with Gasteiger partial charge < -0.3 is 10.1 Å². The molecule has 0 aromatic rings. The number of carbonyl (C=O) groups is 2. The number of amides is 1. The lowest BCUT2D eigenvalue weighted by Gasteiger charge is -2.28. The van der Waals surface area contributed by atoms with Crippen molar-refractivity contribution in [2.75, 3.05) is 13.2 Å². The van der Waals surface area contributed by atoms with Gasteiger partial charge in [0.25, 0.3) is 0 Å². The lowest BCUT2D eigenvalue weighted by Crippen LogP contribution is -2.44. The highest BCUT2D eigenvalue weighted by molar-refractivity contribution is 5.98. The van der Waals surface area contributed by atoms with Crippen LogP contribution in [0, 0.1) is 17.3 Å². The minimum Gasteiger partial charge on any atom is -0.465 e. The summed E-state index contributed by atoms with van der Waals surface area (Å²) in [6, 6.07) is 0. The Morgan fingerprint density at radius 1 is 1.14 bits per heavy atom. The number of esters is 1. The summed E-state index contributed by atoms with van der Waals surface area (Å²) in [5.74, 6) is -0.905. The molecule has 0 aliphatic carbocycles. The number of unbranched alkanes of at least 4 members (excludes halogenated alkanes) is 1. The van der Waals surface area contributed by atoms with E-state index in [2.05, 4.69) is 19.2 Å². The number of hydrogen-bond donors (Lipinski definition) is 1. The summed E-state index contributed by atoms with van der Waals surface area (Å²) in [6.07, 6.45) is 4.50. The molecular formula is C17H33NO3. The molecule has 4 nitrogen and oxygen atoms in total. The maximum absolute atomic E-state index is 12.4. The third kappa shape index (κ3) is 7.49. The van der Waals surface area contributed by atoms with E-state index in [9.17, 15) is 9.59 Å². The molecule has 0 rings (SSSR count). The van der Waals surface area contributed by atoms with Crippen molar-refractivity contribution in [3.8, 4) is 0 Å². The van der Waals surface area contributed by atoms with E-state index in [1.807, 2.05) is 20.8 Å². The Kier molecular flexibility index (Phi) is 9.31. The molecule has 21 heavy (non-hydrogen) atoms. The third-order valence-corrected chi connectivity index (χ3v) is 3.76. The van der Waals surface area contributed by atoms with Gasteiger partial charge in [-0.2, -0.15) is 0 Å². The molecule has 2 atom stereocenters. The van der Waals surface area contributed by atoms with Gasteiger partial charge in [-0.25, -0.2) is 0 Å². The Bertz CT molecular complexity index is 320. The molecule has 1 amide bonds. The zero-order valence-electron chi connectivity index (χ0n) is 14.6. The van der Waals surface area contributed by atoms with Gasteiger partial charge in [-0.1, -0.05) is 53.9 Å². The Morgan fingerprint density at radius 3 is 2.19 bits per heavy atom. The molecule has 1 N–H and O–H groups in total. The monoisotopic (exact) mass is 299 g/mol. The molecule has 0 aliphatic rings. The van der Waals surface area contributed by atoms with Crippen LogP contribution in [-0.4, -0.2) is 25.0 Å². The smallest absolute Gasteiger partial charge is 0.319 e. The molecule has 0 spiro atoms. The molecule has 0 aromatic heterocycles. The van der Waals surface area contributed by atoms with Crippen LogP contribution in [0.25, 0.3) is 0 Å². The van der Waals surface area contributed by atoms with Crippen molar-refractivity contribution in [1.82, 2.24) is 5.32 Å². The highest BCUT2D eigenvalue weighted by atomic mass is 16.5. The lowest BCUT2D eigenvalue weighted by atomic mass is 9.80. The fourth-order valence-electron chi connectivity index (χ4n) is 2.37. The largest absolute Gasteiger partial charge is 0.465 e. The maximum Gasteiger partial charge on any atom is 0.319 e. The van der Waals surface area contributed by atoms with Crippen LogP contribution in [-0.2, 0) is 14.3 Å². The van der Waals surface area contributed by atoms with Crippen LogP contribution in [0.3, 0.4) is 0 Å². The molecule has 0 aromatic carbocycles. The molecule has 0 aliphatic heterocycles. The Morgan fingerprint density at radius 2 is 1.76 bits per heavy atom. The van der Waals surface area contributed by atoms with E-state index in [1.165, 1.54) is 6.42 Å². The highest BCUT2D eigenvalue weighted by Crippen LogP contribution is 2.27. The summed E-state index contributed by atoms with van der Waals surface area (Å²) >= 11 is 0. The number of nitrogens with one attached hydrogen (secondary N) is 1. The van der Waals surface area contributed by atoms with Gasteiger partial charge in [-0.3, -0.25) is 9.59 Å². The number of hydrogen-bond acceptors (Lipinski definition) is 3. The average molecular weight is 299 g/mol. The van der Waals surface area contributed by atoms with Crippen LogP contribution >= 0.6 is 0 Å². The standard InChI is InChI=1S/C17H33NO3/c1-7-10-11-13(8-2)12-18-15(19)14(17(4,5)6)16(20)21-9-3/h13-14H,7-12H2,1-6H3,(H,18,19). The summed E-state index contributed by atoms with van der Waals surface area (Å²) in [7, 11) is 0. The first-order valence-electron chi connectivity index (χ1n) is 8.22. The van der Waals surface area contributed by atoms with Gasteiger partial charge in [0.2, 0.25) is 5.91 Å². The predicted octanol–water partition coefficient (Wildman–Crippen LogP) is 3.54. The van der Waals surface area contributed by atoms with E-state index in [-0.39, 0.29) is 5.91 Å². The van der Waals surface area contributed by atoms with Crippen LogP contribution in [0.4, 0.5) is 0 Å². The van der Waals surface area contributed by atoms with Crippen molar-refractivity contribution in [2.24, 2.45) is 17.3 Å². The number of carbonyl (C=O) groups excluding carboxylic acids is 2. The van der Waals surface area contributed by atoms with E-state index < -0.39 is 17.3 Å². The van der Waals surface area contributed by atoms with Crippen LogP contribution in [0.5, 0.6) is 0 Å². The van der Waals surface area contributed by atoms with Crippen LogP contribution in [0.2, 0.25) is 0 Å². The van der Waals surface area contributed by atoms with E-state index in [0.29, 0.717) is 19.1 Å². The molecule has 0 fully saturated rings. The Balaban J connectivity index is 4.64. The number of rotatable bonds is 9. The summed E-state index contributed by atoms with van der Waals surface area (Å²) in [5.41, 5.74) is -0.443. The van der Waals surface area contributed by atoms with Crippen molar-refractivity contribution >= 4 is 11.9 Å². The van der Waals surface area contributed by atoms with Gasteiger partial charge >= 0.3 is 5.97 Å². The molecule has 0 saturated carbocycles. The van der Waals surface area contributed by atoms with Gasteiger partial charge in [0, 0.05) is 6.54 Å². The van der Waals surface area contributed by atoms with E-state index in [1.54, 1.807) is 6.92 Å². The number of ether oxygens (including phenoxy) is 1. The van der Waals surface area contributed by atoms with Crippen LogP contribution in [0.15, 0.2) is 0 Å². The third-order valence-electron chi connectivity index (χ3n) is 3.76. The summed E-state index contributed by atoms with van der Waals surface area (Å²) < 4.78 is 5.05. The van der Waals surface area contributed by atoms with Crippen molar-refractivity contribution in [1.29, 1.82) is 0 Å². The Hall–Kier alpha value is -1.06. The van der Waals surface area contributed by atoms with Crippen molar-refractivity contribution in [3.05, 3.63) is 0 Å². The normalized spacial score (nSPS) is 14.4. The summed E-state index contributed by atoms with van der Waals surface area (Å²) in [6.45, 7) is 12.7. The second-order valence-electron chi connectivity index (χ2n) is 6.71. The SMILES string of the molecule is CCCCC(CC)CNC(=O)C(C(=O)OCC)C(C)(C)C. The fraction of sp³-hybridized carbons (Fsp3) is 0.882. The lowest BCUT2D eigenvalue weighted by molar-refractivity contribution is -0.156. The molecule has 124 valence electrons. The van der Waals surface area contributed by atoms with Gasteiger partial charge in [-0.15, -0.1) is 0 Å². The highest BCUT2D eigenvalue weighted by Gasteiger charge is 2.38. The minimum absolute atomic E-state index is 0.212. The minimum atomic E-state index is -0.749. The van der Waals surface area contributed by atoms with Crippen molar-refractivity contribution in [2.45, 2.75) is 67.2 Å². The first-order chi connectivity index (χ1) is 9.77. The first-order valence-corrected chi connectivity index (χ1v) is 8.22. The fourth-order valence-corrected chi connectivity index (χ4v) is 2.37. The van der Waals surface area contributed by atoms with Gasteiger partial charge in [0.15, 0.2) is 0 Å². The van der Waals surface area contributed by atoms with E-state index in [4.69, 9.17) is 4.74 Å². The Labute approximate surface area is 130 Å². The quantitative estimate of drug-likeness (QED) is 0.523. The van der Waals surface area contributed by atoms with Gasteiger partial charge in [-0.05, 0) is 24.7 Å². The molecular weight excluding hydrogens is 266 g/mol. The molecule has 2 unspecified atom stereocenters. The second-order valence-corrected chi connectivity index (χ2v) is 6.71. The molecule has 0 saturated heterocycles. The molecule has 0 bridgehead atoms. The van der Waals surface area contributed by atoms with Gasteiger partial charge in [0.1, 0.15) is 5.92 Å². The van der Waals surface area contributed by atoms with Crippen molar-refractivity contribution in [3.63, 3.8) is 0 Å². The van der Waals surface area contributed by atoms with E-state index >= 15 is 0 Å². The van der Waals surface area contributed by atoms with Crippen LogP contribution in [0.1, 0.15) is 67.2 Å². The maximum atomic E-state index is 12.4.